The van der Waals surface area contributed by atoms with Crippen LogP contribution < -0.4 is 4.74 Å². The Kier molecular flexibility index (Phi) is 6.01. The van der Waals surface area contributed by atoms with E-state index in [9.17, 15) is 5.11 Å². The van der Waals surface area contributed by atoms with Crippen molar-refractivity contribution in [1.82, 2.24) is 0 Å². The molecule has 0 aromatic heterocycles. The first kappa shape index (κ1) is 14.0. The lowest BCUT2D eigenvalue weighted by molar-refractivity contribution is 0.184. The van der Waals surface area contributed by atoms with Gasteiger partial charge in [0.1, 0.15) is 5.75 Å². The van der Waals surface area contributed by atoms with E-state index in [1.165, 1.54) is 0 Å². The van der Waals surface area contributed by atoms with Crippen LogP contribution in [0.15, 0.2) is 18.2 Å². The van der Waals surface area contributed by atoms with Crippen molar-refractivity contribution in [3.05, 3.63) is 29.3 Å². The van der Waals surface area contributed by atoms with Crippen LogP contribution in [0.4, 0.5) is 0 Å². The first-order valence-corrected chi connectivity index (χ1v) is 6.05. The fourth-order valence-electron chi connectivity index (χ4n) is 1.62. The standard InChI is InChI=1S/C14H22O3/c1-11-10-13(12(2)15)6-7-14(11)17-9-5-4-8-16-3/h6-7,10,12,15H,4-5,8-9H2,1-3H3/t12-/m0/s1. The third-order valence-corrected chi connectivity index (χ3v) is 2.68. The summed E-state index contributed by atoms with van der Waals surface area (Å²) >= 11 is 0. The molecule has 0 spiro atoms. The maximum atomic E-state index is 9.46. The van der Waals surface area contributed by atoms with Gasteiger partial charge in [-0.05, 0) is 49.9 Å². The molecular weight excluding hydrogens is 216 g/mol. The molecule has 0 aliphatic heterocycles. The van der Waals surface area contributed by atoms with Crippen molar-refractivity contribution in [1.29, 1.82) is 0 Å². The minimum Gasteiger partial charge on any atom is -0.493 e. The SMILES string of the molecule is COCCCCOc1ccc([C@H](C)O)cc1C. The van der Waals surface area contributed by atoms with Crippen molar-refractivity contribution in [2.24, 2.45) is 0 Å². The fourth-order valence-corrected chi connectivity index (χ4v) is 1.62. The number of aliphatic hydroxyl groups excluding tert-OH is 1. The second-order valence-corrected chi connectivity index (χ2v) is 4.25. The van der Waals surface area contributed by atoms with E-state index in [-0.39, 0.29) is 0 Å². The highest BCUT2D eigenvalue weighted by molar-refractivity contribution is 5.36. The van der Waals surface area contributed by atoms with Crippen LogP contribution in [0.5, 0.6) is 5.75 Å². The smallest absolute Gasteiger partial charge is 0.122 e. The third kappa shape index (κ3) is 4.75. The molecule has 0 unspecified atom stereocenters. The van der Waals surface area contributed by atoms with Crippen molar-refractivity contribution in [2.75, 3.05) is 20.3 Å². The van der Waals surface area contributed by atoms with Gasteiger partial charge in [0.05, 0.1) is 12.7 Å². The molecule has 1 N–H and O–H groups in total. The summed E-state index contributed by atoms with van der Waals surface area (Å²) in [6.45, 7) is 5.25. The van der Waals surface area contributed by atoms with Crippen LogP contribution >= 0.6 is 0 Å². The molecule has 3 nitrogen and oxygen atoms in total. The van der Waals surface area contributed by atoms with Gasteiger partial charge in [-0.2, -0.15) is 0 Å². The Morgan fingerprint density at radius 1 is 1.24 bits per heavy atom. The first-order valence-electron chi connectivity index (χ1n) is 6.05. The molecule has 0 aliphatic rings. The fraction of sp³-hybridized carbons (Fsp3) is 0.571. The van der Waals surface area contributed by atoms with Gasteiger partial charge in [0.2, 0.25) is 0 Å². The van der Waals surface area contributed by atoms with E-state index in [4.69, 9.17) is 9.47 Å². The molecule has 96 valence electrons. The van der Waals surface area contributed by atoms with Crippen molar-refractivity contribution >= 4 is 0 Å². The van der Waals surface area contributed by atoms with Gasteiger partial charge in [0.25, 0.3) is 0 Å². The number of hydrogen-bond acceptors (Lipinski definition) is 3. The summed E-state index contributed by atoms with van der Waals surface area (Å²) < 4.78 is 10.7. The Morgan fingerprint density at radius 2 is 1.94 bits per heavy atom. The Hall–Kier alpha value is -1.06. The van der Waals surface area contributed by atoms with E-state index < -0.39 is 6.10 Å². The van der Waals surface area contributed by atoms with E-state index in [2.05, 4.69) is 0 Å². The average Bonchev–Trinajstić information content (AvgIpc) is 2.30. The average molecular weight is 238 g/mol. The van der Waals surface area contributed by atoms with Gasteiger partial charge >= 0.3 is 0 Å². The minimum atomic E-state index is -0.426. The number of unbranched alkanes of at least 4 members (excludes halogenated alkanes) is 1. The number of ether oxygens (including phenoxy) is 2. The lowest BCUT2D eigenvalue weighted by Gasteiger charge is -2.11. The summed E-state index contributed by atoms with van der Waals surface area (Å²) in [6, 6.07) is 5.80. The molecule has 1 atom stereocenters. The largest absolute Gasteiger partial charge is 0.493 e. The highest BCUT2D eigenvalue weighted by Crippen LogP contribution is 2.22. The third-order valence-electron chi connectivity index (χ3n) is 2.68. The molecule has 1 rings (SSSR count). The predicted molar refractivity (Wildman–Crippen MR) is 68.4 cm³/mol. The van der Waals surface area contributed by atoms with Crippen molar-refractivity contribution in [3.8, 4) is 5.75 Å². The van der Waals surface area contributed by atoms with Crippen molar-refractivity contribution in [3.63, 3.8) is 0 Å². The summed E-state index contributed by atoms with van der Waals surface area (Å²) in [6.07, 6.45) is 1.58. The molecule has 1 aromatic rings. The van der Waals surface area contributed by atoms with Gasteiger partial charge in [-0.15, -0.1) is 0 Å². The molecule has 0 radical (unpaired) electrons. The van der Waals surface area contributed by atoms with Crippen LogP contribution in [0.3, 0.4) is 0 Å². The quantitative estimate of drug-likeness (QED) is 0.742. The highest BCUT2D eigenvalue weighted by atomic mass is 16.5. The number of aliphatic hydroxyl groups is 1. The second-order valence-electron chi connectivity index (χ2n) is 4.25. The molecule has 0 bridgehead atoms. The van der Waals surface area contributed by atoms with Crippen molar-refractivity contribution < 1.29 is 14.6 Å². The van der Waals surface area contributed by atoms with Crippen molar-refractivity contribution in [2.45, 2.75) is 32.8 Å². The van der Waals surface area contributed by atoms with Gasteiger partial charge in [0.15, 0.2) is 0 Å². The molecule has 0 saturated heterocycles. The number of aryl methyl sites for hydroxylation is 1. The lowest BCUT2D eigenvalue weighted by Crippen LogP contribution is -2.01. The maximum Gasteiger partial charge on any atom is 0.122 e. The maximum absolute atomic E-state index is 9.46. The molecule has 0 amide bonds. The Bertz CT molecular complexity index is 334. The van der Waals surface area contributed by atoms with E-state index in [0.717, 1.165) is 36.3 Å². The van der Waals surface area contributed by atoms with Crippen LogP contribution in [0, 0.1) is 6.92 Å². The molecule has 3 heteroatoms. The Morgan fingerprint density at radius 3 is 2.53 bits per heavy atom. The molecule has 0 heterocycles. The van der Waals surface area contributed by atoms with Gasteiger partial charge in [0, 0.05) is 13.7 Å². The molecule has 17 heavy (non-hydrogen) atoms. The molecule has 0 aliphatic carbocycles. The monoisotopic (exact) mass is 238 g/mol. The first-order chi connectivity index (χ1) is 8.15. The van der Waals surface area contributed by atoms with Crippen LogP contribution in [-0.4, -0.2) is 25.4 Å². The molecule has 0 fully saturated rings. The molecule has 1 aromatic carbocycles. The van der Waals surface area contributed by atoms with Gasteiger partial charge < -0.3 is 14.6 Å². The zero-order valence-electron chi connectivity index (χ0n) is 10.9. The Labute approximate surface area is 103 Å². The number of methoxy groups -OCH3 is 1. The van der Waals surface area contributed by atoms with Crippen LogP contribution in [0.1, 0.15) is 37.0 Å². The number of hydrogen-bond donors (Lipinski definition) is 1. The summed E-state index contributed by atoms with van der Waals surface area (Å²) in [5.74, 6) is 0.895. The van der Waals surface area contributed by atoms with E-state index >= 15 is 0 Å². The predicted octanol–water partition coefficient (Wildman–Crippen LogP) is 2.85. The number of benzene rings is 1. The van der Waals surface area contributed by atoms with E-state index in [1.54, 1.807) is 14.0 Å². The zero-order chi connectivity index (χ0) is 12.7. The van der Waals surface area contributed by atoms with Crippen LogP contribution in [0.25, 0.3) is 0 Å². The van der Waals surface area contributed by atoms with E-state index in [1.807, 2.05) is 25.1 Å². The lowest BCUT2D eigenvalue weighted by atomic mass is 10.1. The summed E-state index contributed by atoms with van der Waals surface area (Å²) in [4.78, 5) is 0. The van der Waals surface area contributed by atoms with Crippen LogP contribution in [-0.2, 0) is 4.74 Å². The molecular formula is C14H22O3. The van der Waals surface area contributed by atoms with Crippen LogP contribution in [0.2, 0.25) is 0 Å². The van der Waals surface area contributed by atoms with Gasteiger partial charge in [-0.1, -0.05) is 6.07 Å². The normalized spacial score (nSPS) is 12.5. The van der Waals surface area contributed by atoms with E-state index in [0.29, 0.717) is 6.61 Å². The summed E-state index contributed by atoms with van der Waals surface area (Å²) in [7, 11) is 1.71. The van der Waals surface area contributed by atoms with Gasteiger partial charge in [-0.25, -0.2) is 0 Å². The Balaban J connectivity index is 2.43. The zero-order valence-corrected chi connectivity index (χ0v) is 10.9. The highest BCUT2D eigenvalue weighted by Gasteiger charge is 2.04. The summed E-state index contributed by atoms with van der Waals surface area (Å²) in [5.41, 5.74) is 1.99. The molecule has 0 saturated carbocycles. The minimum absolute atomic E-state index is 0.426. The second kappa shape index (κ2) is 7.30. The van der Waals surface area contributed by atoms with Gasteiger partial charge in [-0.3, -0.25) is 0 Å². The topological polar surface area (TPSA) is 38.7 Å². The summed E-state index contributed by atoms with van der Waals surface area (Å²) in [5, 5.41) is 9.46. The number of rotatable bonds is 7.